The van der Waals surface area contributed by atoms with Gasteiger partial charge in [0.25, 0.3) is 11.8 Å². The summed E-state index contributed by atoms with van der Waals surface area (Å²) in [6.07, 6.45) is 4.64. The lowest BCUT2D eigenvalue weighted by molar-refractivity contribution is -0.162. The predicted octanol–water partition coefficient (Wildman–Crippen LogP) is 2.10. The van der Waals surface area contributed by atoms with Gasteiger partial charge in [-0.25, -0.2) is 4.79 Å². The molecule has 8 heteroatoms. The number of hydrogen-bond acceptors (Lipinski definition) is 5. The van der Waals surface area contributed by atoms with Gasteiger partial charge in [0, 0.05) is 32.0 Å². The van der Waals surface area contributed by atoms with Crippen LogP contribution in [-0.2, 0) is 19.1 Å². The molecule has 3 heterocycles. The van der Waals surface area contributed by atoms with E-state index in [0.717, 1.165) is 19.3 Å². The largest absolute Gasteiger partial charge is 0.452 e. The Morgan fingerprint density at radius 2 is 2.03 bits per heavy atom. The third-order valence-electron chi connectivity index (χ3n) is 6.46. The van der Waals surface area contributed by atoms with Crippen LogP contribution in [-0.4, -0.2) is 64.9 Å². The zero-order valence-corrected chi connectivity index (χ0v) is 17.7. The highest BCUT2D eigenvalue weighted by atomic mass is 16.5. The van der Waals surface area contributed by atoms with Crippen molar-refractivity contribution in [3.05, 3.63) is 42.5 Å². The Morgan fingerprint density at radius 3 is 2.77 bits per heavy atom. The van der Waals surface area contributed by atoms with Gasteiger partial charge in [-0.2, -0.15) is 0 Å². The fraction of sp³-hybridized carbons (Fsp3) is 0.478. The minimum Gasteiger partial charge on any atom is -0.452 e. The van der Waals surface area contributed by atoms with Crippen LogP contribution in [0.5, 0.6) is 0 Å². The van der Waals surface area contributed by atoms with E-state index in [2.05, 4.69) is 6.58 Å². The lowest BCUT2D eigenvalue weighted by atomic mass is 9.96. The van der Waals surface area contributed by atoms with Crippen LogP contribution >= 0.6 is 0 Å². The predicted molar refractivity (Wildman–Crippen MR) is 113 cm³/mol. The van der Waals surface area contributed by atoms with Crippen LogP contribution in [0.15, 0.2) is 36.9 Å². The van der Waals surface area contributed by atoms with E-state index in [4.69, 9.17) is 4.74 Å². The Labute approximate surface area is 181 Å². The van der Waals surface area contributed by atoms with Crippen LogP contribution in [0.25, 0.3) is 0 Å². The molecule has 0 radical (unpaired) electrons. The Kier molecular flexibility index (Phi) is 5.56. The van der Waals surface area contributed by atoms with Crippen molar-refractivity contribution < 1.29 is 23.9 Å². The number of anilines is 1. The minimum absolute atomic E-state index is 0.0726. The van der Waals surface area contributed by atoms with E-state index in [9.17, 15) is 19.2 Å². The van der Waals surface area contributed by atoms with Crippen LogP contribution in [0.2, 0.25) is 0 Å². The van der Waals surface area contributed by atoms with E-state index in [-0.39, 0.29) is 43.1 Å². The zero-order chi connectivity index (χ0) is 22.2. The highest BCUT2D eigenvalue weighted by Gasteiger charge is 2.61. The Hall–Kier alpha value is -3.16. The van der Waals surface area contributed by atoms with Gasteiger partial charge in [0.15, 0.2) is 6.61 Å². The molecule has 1 aromatic rings. The molecule has 3 amide bonds. The van der Waals surface area contributed by atoms with Crippen molar-refractivity contribution in [3.8, 4) is 0 Å². The second kappa shape index (κ2) is 8.17. The number of hydrogen-bond donors (Lipinski definition) is 0. The lowest BCUT2D eigenvalue weighted by Crippen LogP contribution is -2.68. The van der Waals surface area contributed by atoms with E-state index in [1.807, 2.05) is 6.92 Å². The standard InChI is InChI=1S/C23H27N3O5/c1-3-13-25-21(29)17-9-4-5-10-18(17)26-19(27)11-12-23(25,26)22(30)31-15-20(28)24-14-7-6-8-16(24)2/h3-5,9-10,16H,1,6-8,11-15H2,2H3/t16-,23-/m1/s1. The first-order chi connectivity index (χ1) is 14.9. The first-order valence-electron chi connectivity index (χ1n) is 10.7. The van der Waals surface area contributed by atoms with Crippen molar-refractivity contribution in [2.45, 2.75) is 50.7 Å². The molecule has 2 atom stereocenters. The van der Waals surface area contributed by atoms with E-state index in [1.165, 1.54) is 15.9 Å². The number of ether oxygens (including phenoxy) is 1. The summed E-state index contributed by atoms with van der Waals surface area (Å²) >= 11 is 0. The second-order valence-electron chi connectivity index (χ2n) is 8.28. The number of fused-ring (bicyclic) bond motifs is 3. The third kappa shape index (κ3) is 3.30. The summed E-state index contributed by atoms with van der Waals surface area (Å²) in [5, 5.41) is 0. The number of benzene rings is 1. The van der Waals surface area contributed by atoms with Crippen molar-refractivity contribution in [1.82, 2.24) is 9.80 Å². The number of rotatable bonds is 5. The quantitative estimate of drug-likeness (QED) is 0.533. The smallest absolute Gasteiger partial charge is 0.354 e. The maximum atomic E-state index is 13.4. The lowest BCUT2D eigenvalue weighted by Gasteiger charge is -2.48. The van der Waals surface area contributed by atoms with E-state index in [0.29, 0.717) is 17.8 Å². The summed E-state index contributed by atoms with van der Waals surface area (Å²) in [7, 11) is 0. The molecule has 2 saturated heterocycles. The van der Waals surface area contributed by atoms with Crippen molar-refractivity contribution in [2.24, 2.45) is 0 Å². The number of piperidine rings is 1. The molecule has 0 N–H and O–H groups in total. The molecule has 3 aliphatic rings. The number of amides is 3. The van der Waals surface area contributed by atoms with Crippen LogP contribution < -0.4 is 4.90 Å². The average molecular weight is 425 g/mol. The van der Waals surface area contributed by atoms with Crippen LogP contribution in [0.1, 0.15) is 49.4 Å². The van der Waals surface area contributed by atoms with Crippen LogP contribution in [0, 0.1) is 0 Å². The Bertz CT molecular complexity index is 945. The van der Waals surface area contributed by atoms with Crippen LogP contribution in [0.3, 0.4) is 0 Å². The van der Waals surface area contributed by atoms with Crippen molar-refractivity contribution >= 4 is 29.4 Å². The highest BCUT2D eigenvalue weighted by Crippen LogP contribution is 2.45. The summed E-state index contributed by atoms with van der Waals surface area (Å²) in [5.41, 5.74) is -0.866. The molecule has 0 aromatic heterocycles. The summed E-state index contributed by atoms with van der Waals surface area (Å²) in [6.45, 7) is 5.99. The fourth-order valence-electron chi connectivity index (χ4n) is 4.92. The van der Waals surface area contributed by atoms with Gasteiger partial charge in [0.05, 0.1) is 11.3 Å². The van der Waals surface area contributed by atoms with E-state index < -0.39 is 18.2 Å². The molecule has 4 rings (SSSR count). The van der Waals surface area contributed by atoms with E-state index in [1.54, 1.807) is 29.2 Å². The molecule has 2 fully saturated rings. The molecule has 164 valence electrons. The van der Waals surface area contributed by atoms with Gasteiger partial charge < -0.3 is 14.5 Å². The number of para-hydroxylation sites is 1. The third-order valence-corrected chi connectivity index (χ3v) is 6.46. The molecule has 0 aliphatic carbocycles. The monoisotopic (exact) mass is 425 g/mol. The zero-order valence-electron chi connectivity index (χ0n) is 17.7. The Morgan fingerprint density at radius 1 is 1.26 bits per heavy atom. The summed E-state index contributed by atoms with van der Waals surface area (Å²) < 4.78 is 5.49. The van der Waals surface area contributed by atoms with Gasteiger partial charge in [-0.1, -0.05) is 18.2 Å². The number of carbonyl (C=O) groups excluding carboxylic acids is 4. The van der Waals surface area contributed by atoms with Gasteiger partial charge in [0.2, 0.25) is 11.6 Å². The molecule has 0 spiro atoms. The fourth-order valence-corrected chi connectivity index (χ4v) is 4.92. The molecular formula is C23H27N3O5. The molecule has 0 saturated carbocycles. The van der Waals surface area contributed by atoms with Crippen molar-refractivity contribution in [1.29, 1.82) is 0 Å². The Balaban J connectivity index is 1.64. The molecular weight excluding hydrogens is 398 g/mol. The molecule has 1 aromatic carbocycles. The molecule has 0 unspecified atom stereocenters. The number of carbonyl (C=O) groups is 4. The molecule has 8 nitrogen and oxygen atoms in total. The van der Waals surface area contributed by atoms with Crippen molar-refractivity contribution in [3.63, 3.8) is 0 Å². The average Bonchev–Trinajstić information content (AvgIpc) is 3.13. The minimum atomic E-state index is -1.61. The molecule has 31 heavy (non-hydrogen) atoms. The van der Waals surface area contributed by atoms with Gasteiger partial charge in [0.1, 0.15) is 0 Å². The van der Waals surface area contributed by atoms with Gasteiger partial charge in [-0.15, -0.1) is 6.58 Å². The first kappa shape index (κ1) is 21.1. The topological polar surface area (TPSA) is 87.2 Å². The summed E-state index contributed by atoms with van der Waals surface area (Å²) in [4.78, 5) is 56.7. The maximum absolute atomic E-state index is 13.4. The SMILES string of the molecule is C=CCN1C(=O)c2ccccc2N2C(=O)CC[C@@]12C(=O)OCC(=O)N1CCCC[C@H]1C. The molecule has 3 aliphatic heterocycles. The van der Waals surface area contributed by atoms with Gasteiger partial charge >= 0.3 is 5.97 Å². The summed E-state index contributed by atoms with van der Waals surface area (Å²) in [6, 6.07) is 6.83. The number of nitrogens with zero attached hydrogens (tertiary/aromatic N) is 3. The van der Waals surface area contributed by atoms with E-state index >= 15 is 0 Å². The number of likely N-dealkylation sites (tertiary alicyclic amines) is 1. The normalized spacial score (nSPS) is 25.2. The second-order valence-corrected chi connectivity index (χ2v) is 8.28. The maximum Gasteiger partial charge on any atom is 0.354 e. The van der Waals surface area contributed by atoms with Gasteiger partial charge in [-0.05, 0) is 38.3 Å². The van der Waals surface area contributed by atoms with Gasteiger partial charge in [-0.3, -0.25) is 19.3 Å². The number of esters is 1. The summed E-state index contributed by atoms with van der Waals surface area (Å²) in [5.74, 6) is -1.65. The van der Waals surface area contributed by atoms with Crippen LogP contribution in [0.4, 0.5) is 5.69 Å². The highest BCUT2D eigenvalue weighted by molar-refractivity contribution is 6.15. The van der Waals surface area contributed by atoms with Crippen molar-refractivity contribution in [2.75, 3.05) is 24.6 Å². The molecule has 0 bridgehead atoms. The first-order valence-corrected chi connectivity index (χ1v) is 10.7.